The van der Waals surface area contributed by atoms with E-state index in [1.165, 1.54) is 25.3 Å². The van der Waals surface area contributed by atoms with Crippen LogP contribution in [0.3, 0.4) is 0 Å². The van der Waals surface area contributed by atoms with E-state index < -0.39 is 12.0 Å². The molecule has 8 nitrogen and oxygen atoms in total. The SMILES string of the molecule is COc1cc2c(cc1OC)C(CC(=O)O)N(C(=O)C=Cc1c(-c3ccc(F)cc3)n(C)c3ncccc13)CC2.Cl. The summed E-state index contributed by atoms with van der Waals surface area (Å²) < 4.78 is 26.4. The molecule has 5 rings (SSSR count). The number of carboxylic acid groups (broad SMARTS) is 1. The fourth-order valence-electron chi connectivity index (χ4n) is 5.34. The molecule has 0 radical (unpaired) electrons. The summed E-state index contributed by atoms with van der Waals surface area (Å²) in [6, 6.07) is 12.8. The van der Waals surface area contributed by atoms with Crippen molar-refractivity contribution in [3.8, 4) is 22.8 Å². The van der Waals surface area contributed by atoms with E-state index >= 15 is 0 Å². The Labute approximate surface area is 237 Å². The normalized spacial score (nSPS) is 14.6. The molecule has 1 amide bonds. The van der Waals surface area contributed by atoms with Crippen molar-refractivity contribution in [2.45, 2.75) is 18.9 Å². The molecule has 40 heavy (non-hydrogen) atoms. The third-order valence-electron chi connectivity index (χ3n) is 7.15. The maximum atomic E-state index is 13.7. The van der Waals surface area contributed by atoms with Gasteiger partial charge in [-0.25, -0.2) is 9.37 Å². The molecule has 2 aromatic heterocycles. The highest BCUT2D eigenvalue weighted by atomic mass is 35.5. The Bertz CT molecular complexity index is 1600. The molecule has 3 heterocycles. The molecule has 0 saturated carbocycles. The van der Waals surface area contributed by atoms with Crippen molar-refractivity contribution in [2.24, 2.45) is 7.05 Å². The quantitative estimate of drug-likeness (QED) is 0.300. The minimum atomic E-state index is -1.01. The average Bonchev–Trinajstić information content (AvgIpc) is 3.22. The molecule has 0 spiro atoms. The molecule has 0 saturated heterocycles. The van der Waals surface area contributed by atoms with Crippen LogP contribution in [0.1, 0.15) is 29.2 Å². The lowest BCUT2D eigenvalue weighted by Crippen LogP contribution is -2.40. The Morgan fingerprint density at radius 1 is 1.12 bits per heavy atom. The van der Waals surface area contributed by atoms with Gasteiger partial charge in [0.1, 0.15) is 11.5 Å². The lowest BCUT2D eigenvalue weighted by atomic mass is 9.90. The van der Waals surface area contributed by atoms with Gasteiger partial charge in [-0.05, 0) is 77.7 Å². The molecule has 2 aromatic carbocycles. The highest BCUT2D eigenvalue weighted by Gasteiger charge is 2.33. The summed E-state index contributed by atoms with van der Waals surface area (Å²) in [7, 11) is 4.94. The second-order valence-electron chi connectivity index (χ2n) is 9.34. The average molecular weight is 566 g/mol. The van der Waals surface area contributed by atoms with Crippen LogP contribution < -0.4 is 9.47 Å². The number of fused-ring (bicyclic) bond motifs is 2. The summed E-state index contributed by atoms with van der Waals surface area (Å²) in [6.07, 6.45) is 5.19. The number of nitrogens with zero attached hydrogens (tertiary/aromatic N) is 3. The second kappa shape index (κ2) is 11.8. The van der Waals surface area contributed by atoms with Gasteiger partial charge in [0, 0.05) is 36.8 Å². The van der Waals surface area contributed by atoms with Gasteiger partial charge in [0.2, 0.25) is 5.91 Å². The van der Waals surface area contributed by atoms with Crippen LogP contribution in [0.2, 0.25) is 0 Å². The summed E-state index contributed by atoms with van der Waals surface area (Å²) in [5, 5.41) is 10.5. The van der Waals surface area contributed by atoms with Crippen LogP contribution in [0.25, 0.3) is 28.4 Å². The smallest absolute Gasteiger partial charge is 0.305 e. The topological polar surface area (TPSA) is 93.9 Å². The van der Waals surface area contributed by atoms with E-state index in [-0.39, 0.29) is 30.6 Å². The number of halogens is 2. The predicted octanol–water partition coefficient (Wildman–Crippen LogP) is 5.43. The molecular weight excluding hydrogens is 537 g/mol. The van der Waals surface area contributed by atoms with Gasteiger partial charge in [-0.15, -0.1) is 12.4 Å². The van der Waals surface area contributed by atoms with Gasteiger partial charge in [0.25, 0.3) is 0 Å². The molecule has 10 heteroatoms. The minimum Gasteiger partial charge on any atom is -0.493 e. The van der Waals surface area contributed by atoms with Crippen molar-refractivity contribution in [1.29, 1.82) is 0 Å². The maximum absolute atomic E-state index is 13.7. The van der Waals surface area contributed by atoms with E-state index in [0.29, 0.717) is 24.5 Å². The Morgan fingerprint density at radius 3 is 2.50 bits per heavy atom. The molecule has 0 aliphatic carbocycles. The molecule has 1 unspecified atom stereocenters. The number of ether oxygens (including phenoxy) is 2. The molecule has 0 bridgehead atoms. The summed E-state index contributed by atoms with van der Waals surface area (Å²) in [4.78, 5) is 31.5. The van der Waals surface area contributed by atoms with Gasteiger partial charge in [0.05, 0.1) is 32.4 Å². The lowest BCUT2D eigenvalue weighted by Gasteiger charge is -2.36. The Balaban J connectivity index is 0.00000370. The standard InChI is InChI=1S/C30H28FN3O5.ClH/c1-33-29(18-6-8-20(31)9-7-18)21(22-5-4-13-32-30(22)33)10-11-27(35)34-14-12-19-15-25(38-2)26(39-3)16-23(19)24(34)17-28(36)37;/h4-11,13,15-16,24H,12,14,17H2,1-3H3,(H,36,37);1H. The van der Waals surface area contributed by atoms with Gasteiger partial charge in [0.15, 0.2) is 11.5 Å². The predicted molar refractivity (Wildman–Crippen MR) is 152 cm³/mol. The number of hydrogen-bond acceptors (Lipinski definition) is 5. The van der Waals surface area contributed by atoms with E-state index in [1.54, 1.807) is 42.5 Å². The highest BCUT2D eigenvalue weighted by Crippen LogP contribution is 2.40. The van der Waals surface area contributed by atoms with Crippen molar-refractivity contribution in [1.82, 2.24) is 14.5 Å². The molecule has 0 fully saturated rings. The number of aliphatic carboxylic acids is 1. The van der Waals surface area contributed by atoms with Gasteiger partial charge in [-0.3, -0.25) is 9.59 Å². The zero-order chi connectivity index (χ0) is 27.7. The number of carbonyl (C=O) groups is 2. The van der Waals surface area contributed by atoms with E-state index in [0.717, 1.165) is 39.0 Å². The first kappa shape index (κ1) is 28.6. The van der Waals surface area contributed by atoms with Gasteiger partial charge >= 0.3 is 5.97 Å². The molecule has 1 atom stereocenters. The second-order valence-corrected chi connectivity index (χ2v) is 9.34. The Kier molecular flexibility index (Phi) is 8.44. The fraction of sp³-hybridized carbons (Fsp3) is 0.233. The minimum absolute atomic E-state index is 0. The van der Waals surface area contributed by atoms with E-state index in [4.69, 9.17) is 9.47 Å². The first-order valence-corrected chi connectivity index (χ1v) is 12.5. The van der Waals surface area contributed by atoms with Crippen molar-refractivity contribution in [3.63, 3.8) is 0 Å². The largest absolute Gasteiger partial charge is 0.493 e. The number of benzene rings is 2. The maximum Gasteiger partial charge on any atom is 0.305 e. The van der Waals surface area contributed by atoms with Gasteiger partial charge < -0.3 is 24.0 Å². The number of methoxy groups -OCH3 is 2. The number of aryl methyl sites for hydroxylation is 1. The first-order valence-electron chi connectivity index (χ1n) is 12.5. The van der Waals surface area contributed by atoms with E-state index in [2.05, 4.69) is 4.98 Å². The van der Waals surface area contributed by atoms with Crippen LogP contribution in [0.15, 0.2) is 60.8 Å². The number of carboxylic acids is 1. The van der Waals surface area contributed by atoms with Crippen LogP contribution in [0.4, 0.5) is 4.39 Å². The van der Waals surface area contributed by atoms with Crippen molar-refractivity contribution >= 4 is 41.4 Å². The fourth-order valence-corrected chi connectivity index (χ4v) is 5.34. The van der Waals surface area contributed by atoms with Crippen LogP contribution in [-0.4, -0.2) is 52.2 Å². The number of carbonyl (C=O) groups excluding carboxylic acids is 1. The molecule has 4 aromatic rings. The number of pyridine rings is 1. The first-order chi connectivity index (χ1) is 18.8. The highest BCUT2D eigenvalue weighted by molar-refractivity contribution is 6.00. The van der Waals surface area contributed by atoms with Crippen molar-refractivity contribution < 1.29 is 28.6 Å². The summed E-state index contributed by atoms with van der Waals surface area (Å²) in [5.74, 6) is -0.630. The van der Waals surface area contributed by atoms with Gasteiger partial charge in [-0.1, -0.05) is 0 Å². The number of hydrogen-bond donors (Lipinski definition) is 1. The lowest BCUT2D eigenvalue weighted by molar-refractivity contribution is -0.140. The van der Waals surface area contributed by atoms with Gasteiger partial charge in [-0.2, -0.15) is 0 Å². The summed E-state index contributed by atoms with van der Waals surface area (Å²) >= 11 is 0. The molecule has 1 aliphatic rings. The van der Waals surface area contributed by atoms with Crippen LogP contribution in [0, 0.1) is 5.82 Å². The zero-order valence-electron chi connectivity index (χ0n) is 22.3. The number of amides is 1. The Morgan fingerprint density at radius 2 is 1.82 bits per heavy atom. The molecule has 208 valence electrons. The summed E-state index contributed by atoms with van der Waals surface area (Å²) in [5.41, 5.74) is 4.70. The summed E-state index contributed by atoms with van der Waals surface area (Å²) in [6.45, 7) is 0.353. The van der Waals surface area contributed by atoms with Crippen molar-refractivity contribution in [3.05, 3.63) is 83.3 Å². The third-order valence-corrected chi connectivity index (χ3v) is 7.15. The van der Waals surface area contributed by atoms with Crippen LogP contribution >= 0.6 is 12.4 Å². The monoisotopic (exact) mass is 565 g/mol. The van der Waals surface area contributed by atoms with E-state index in [9.17, 15) is 19.1 Å². The molecule has 1 aliphatic heterocycles. The molecular formula is C30H29ClFN3O5. The van der Waals surface area contributed by atoms with E-state index in [1.807, 2.05) is 29.8 Å². The Hall–Kier alpha value is -4.37. The molecule has 1 N–H and O–H groups in total. The van der Waals surface area contributed by atoms with Crippen LogP contribution in [0.5, 0.6) is 11.5 Å². The van der Waals surface area contributed by atoms with Crippen LogP contribution in [-0.2, 0) is 23.1 Å². The number of rotatable bonds is 7. The number of aromatic nitrogens is 2. The third kappa shape index (κ3) is 5.24. The van der Waals surface area contributed by atoms with Crippen molar-refractivity contribution in [2.75, 3.05) is 20.8 Å². The zero-order valence-corrected chi connectivity index (χ0v) is 23.1.